The molecule has 0 spiro atoms. The Bertz CT molecular complexity index is 1050. The standard InChI is InChI=1S/C24H21FN2O3/c25-19-9-3-16(4-10-19)22-2-1-15-27(22)24(29)18-7-13-21(14-8-18)30-20-11-5-17(6-12-20)23(26)28/h3-14,22H,1-2,15H2,(H2,26,28). The van der Waals surface area contributed by atoms with E-state index < -0.39 is 5.91 Å². The molecule has 0 bridgehead atoms. The minimum atomic E-state index is -0.495. The molecule has 6 heteroatoms. The van der Waals surface area contributed by atoms with Crippen LogP contribution in [0.2, 0.25) is 0 Å². The molecule has 0 aliphatic carbocycles. The fraction of sp³-hybridized carbons (Fsp3) is 0.167. The Balaban J connectivity index is 1.45. The molecule has 1 atom stereocenters. The fourth-order valence-corrected chi connectivity index (χ4v) is 3.70. The van der Waals surface area contributed by atoms with Crippen molar-refractivity contribution in [1.29, 1.82) is 0 Å². The SMILES string of the molecule is NC(=O)c1ccc(Oc2ccc(C(=O)N3CCCC3c3ccc(F)cc3)cc2)cc1. The van der Waals surface area contributed by atoms with Gasteiger partial charge in [-0.05, 0) is 79.1 Å². The van der Waals surface area contributed by atoms with Crippen LogP contribution in [0, 0.1) is 5.82 Å². The number of amides is 2. The van der Waals surface area contributed by atoms with Crippen molar-refractivity contribution in [3.63, 3.8) is 0 Å². The van der Waals surface area contributed by atoms with E-state index in [1.807, 2.05) is 4.90 Å². The Hall–Kier alpha value is -3.67. The van der Waals surface area contributed by atoms with Crippen LogP contribution in [0.1, 0.15) is 45.2 Å². The lowest BCUT2D eigenvalue weighted by Crippen LogP contribution is -2.30. The van der Waals surface area contributed by atoms with E-state index in [9.17, 15) is 14.0 Å². The summed E-state index contributed by atoms with van der Waals surface area (Å²) in [6.07, 6.45) is 1.77. The molecule has 1 heterocycles. The highest BCUT2D eigenvalue weighted by molar-refractivity contribution is 5.95. The molecule has 4 rings (SSSR count). The number of ether oxygens (including phenoxy) is 1. The lowest BCUT2D eigenvalue weighted by atomic mass is 10.0. The number of primary amides is 1. The van der Waals surface area contributed by atoms with Gasteiger partial charge >= 0.3 is 0 Å². The Kier molecular flexibility index (Phi) is 5.48. The summed E-state index contributed by atoms with van der Waals surface area (Å²) in [5, 5.41) is 0. The number of nitrogens with zero attached hydrogens (tertiary/aromatic N) is 1. The molecular formula is C24H21FN2O3. The number of hydrogen-bond donors (Lipinski definition) is 1. The van der Waals surface area contributed by atoms with Crippen LogP contribution in [0.5, 0.6) is 11.5 Å². The molecule has 5 nitrogen and oxygen atoms in total. The number of carbonyl (C=O) groups excluding carboxylic acids is 2. The predicted octanol–water partition coefficient (Wildman–Crippen LogP) is 4.69. The molecule has 2 amide bonds. The lowest BCUT2D eigenvalue weighted by molar-refractivity contribution is 0.0735. The summed E-state index contributed by atoms with van der Waals surface area (Å²) in [6.45, 7) is 0.672. The number of likely N-dealkylation sites (tertiary alicyclic amines) is 1. The van der Waals surface area contributed by atoms with Gasteiger partial charge in [0.25, 0.3) is 5.91 Å². The van der Waals surface area contributed by atoms with Gasteiger partial charge in [0.15, 0.2) is 0 Å². The second-order valence-electron chi connectivity index (χ2n) is 7.22. The predicted molar refractivity (Wildman–Crippen MR) is 111 cm³/mol. The first-order valence-electron chi connectivity index (χ1n) is 9.75. The van der Waals surface area contributed by atoms with Crippen LogP contribution in [-0.4, -0.2) is 23.3 Å². The van der Waals surface area contributed by atoms with Crippen molar-refractivity contribution in [2.24, 2.45) is 5.73 Å². The summed E-state index contributed by atoms with van der Waals surface area (Å²) in [5.41, 5.74) is 7.16. The summed E-state index contributed by atoms with van der Waals surface area (Å²) in [7, 11) is 0. The summed E-state index contributed by atoms with van der Waals surface area (Å²) in [4.78, 5) is 26.0. The summed E-state index contributed by atoms with van der Waals surface area (Å²) >= 11 is 0. The molecule has 0 aromatic heterocycles. The van der Waals surface area contributed by atoms with Crippen molar-refractivity contribution < 1.29 is 18.7 Å². The van der Waals surface area contributed by atoms with E-state index in [2.05, 4.69) is 0 Å². The second kappa shape index (κ2) is 8.37. The third kappa shape index (κ3) is 4.17. The first kappa shape index (κ1) is 19.6. The molecule has 3 aromatic carbocycles. The zero-order chi connectivity index (χ0) is 21.1. The zero-order valence-electron chi connectivity index (χ0n) is 16.3. The Labute approximate surface area is 173 Å². The fourth-order valence-electron chi connectivity index (χ4n) is 3.70. The molecule has 152 valence electrons. The molecule has 1 aliphatic rings. The molecule has 3 aromatic rings. The van der Waals surface area contributed by atoms with Crippen molar-refractivity contribution in [2.75, 3.05) is 6.54 Å². The Morgan fingerprint density at radius 3 is 2.00 bits per heavy atom. The van der Waals surface area contributed by atoms with Crippen molar-refractivity contribution >= 4 is 11.8 Å². The van der Waals surface area contributed by atoms with Crippen LogP contribution in [0.25, 0.3) is 0 Å². The molecule has 1 aliphatic heterocycles. The van der Waals surface area contributed by atoms with Crippen LogP contribution < -0.4 is 10.5 Å². The van der Waals surface area contributed by atoms with Crippen molar-refractivity contribution in [1.82, 2.24) is 4.90 Å². The topological polar surface area (TPSA) is 72.6 Å². The number of benzene rings is 3. The highest BCUT2D eigenvalue weighted by atomic mass is 19.1. The third-order valence-corrected chi connectivity index (χ3v) is 5.24. The van der Waals surface area contributed by atoms with Crippen molar-refractivity contribution in [3.8, 4) is 11.5 Å². The normalized spacial score (nSPS) is 15.8. The van der Waals surface area contributed by atoms with Crippen LogP contribution in [-0.2, 0) is 0 Å². The molecule has 1 saturated heterocycles. The first-order valence-corrected chi connectivity index (χ1v) is 9.75. The molecule has 1 fully saturated rings. The van der Waals surface area contributed by atoms with Crippen LogP contribution >= 0.6 is 0 Å². The highest BCUT2D eigenvalue weighted by Gasteiger charge is 2.30. The Morgan fingerprint density at radius 2 is 1.43 bits per heavy atom. The van der Waals surface area contributed by atoms with Gasteiger partial charge in [-0.15, -0.1) is 0 Å². The summed E-state index contributed by atoms with van der Waals surface area (Å²) < 4.78 is 19.0. The number of hydrogen-bond acceptors (Lipinski definition) is 3. The molecule has 2 N–H and O–H groups in total. The number of nitrogens with two attached hydrogens (primary N) is 1. The van der Waals surface area contributed by atoms with Gasteiger partial charge in [-0.2, -0.15) is 0 Å². The molecule has 30 heavy (non-hydrogen) atoms. The first-order chi connectivity index (χ1) is 14.5. The Morgan fingerprint density at radius 1 is 0.867 bits per heavy atom. The number of rotatable bonds is 5. The maximum atomic E-state index is 13.2. The highest BCUT2D eigenvalue weighted by Crippen LogP contribution is 2.33. The maximum absolute atomic E-state index is 13.2. The van der Waals surface area contributed by atoms with Crippen LogP contribution in [0.4, 0.5) is 4.39 Å². The second-order valence-corrected chi connectivity index (χ2v) is 7.22. The smallest absolute Gasteiger partial charge is 0.254 e. The van der Waals surface area contributed by atoms with E-state index >= 15 is 0 Å². The summed E-state index contributed by atoms with van der Waals surface area (Å²) in [6, 6.07) is 19.7. The van der Waals surface area contributed by atoms with E-state index in [0.717, 1.165) is 18.4 Å². The van der Waals surface area contributed by atoms with E-state index in [-0.39, 0.29) is 17.8 Å². The van der Waals surface area contributed by atoms with E-state index in [4.69, 9.17) is 10.5 Å². The largest absolute Gasteiger partial charge is 0.457 e. The molecule has 1 unspecified atom stereocenters. The van der Waals surface area contributed by atoms with E-state index in [1.54, 1.807) is 60.7 Å². The van der Waals surface area contributed by atoms with E-state index in [1.165, 1.54) is 12.1 Å². The quantitative estimate of drug-likeness (QED) is 0.670. The molecule has 0 saturated carbocycles. The molecule has 0 radical (unpaired) electrons. The van der Waals surface area contributed by atoms with Crippen molar-refractivity contribution in [2.45, 2.75) is 18.9 Å². The monoisotopic (exact) mass is 404 g/mol. The average Bonchev–Trinajstić information content (AvgIpc) is 3.24. The van der Waals surface area contributed by atoms with Crippen LogP contribution in [0.15, 0.2) is 72.8 Å². The maximum Gasteiger partial charge on any atom is 0.254 e. The van der Waals surface area contributed by atoms with Crippen LogP contribution in [0.3, 0.4) is 0 Å². The van der Waals surface area contributed by atoms with Gasteiger partial charge in [0.1, 0.15) is 17.3 Å². The van der Waals surface area contributed by atoms with E-state index in [0.29, 0.717) is 29.2 Å². The third-order valence-electron chi connectivity index (χ3n) is 5.24. The van der Waals surface area contributed by atoms with Gasteiger partial charge in [0, 0.05) is 17.7 Å². The minimum Gasteiger partial charge on any atom is -0.457 e. The van der Waals surface area contributed by atoms with Gasteiger partial charge in [-0.3, -0.25) is 9.59 Å². The van der Waals surface area contributed by atoms with Crippen molar-refractivity contribution in [3.05, 3.63) is 95.3 Å². The zero-order valence-corrected chi connectivity index (χ0v) is 16.3. The molecular weight excluding hydrogens is 383 g/mol. The van der Waals surface area contributed by atoms with Gasteiger partial charge in [0.2, 0.25) is 5.91 Å². The van der Waals surface area contributed by atoms with Gasteiger partial charge < -0.3 is 15.4 Å². The van der Waals surface area contributed by atoms with Gasteiger partial charge in [0.05, 0.1) is 6.04 Å². The number of halogens is 1. The number of carbonyl (C=O) groups is 2. The van der Waals surface area contributed by atoms with Gasteiger partial charge in [-0.25, -0.2) is 4.39 Å². The minimum absolute atomic E-state index is 0.0437. The van der Waals surface area contributed by atoms with Gasteiger partial charge in [-0.1, -0.05) is 12.1 Å². The summed E-state index contributed by atoms with van der Waals surface area (Å²) in [5.74, 6) is 0.309. The average molecular weight is 404 g/mol. The lowest BCUT2D eigenvalue weighted by Gasteiger charge is -2.25.